The number of aromatic nitrogens is 2. The van der Waals surface area contributed by atoms with Crippen molar-refractivity contribution in [3.63, 3.8) is 0 Å². The highest BCUT2D eigenvalue weighted by molar-refractivity contribution is 8.00. The molecule has 0 bridgehead atoms. The quantitative estimate of drug-likeness (QED) is 0.475. The maximum atomic E-state index is 11.6. The second-order valence-electron chi connectivity index (χ2n) is 4.92. The van der Waals surface area contributed by atoms with Crippen LogP contribution >= 0.6 is 11.8 Å². The number of carbonyl (C=O) groups excluding carboxylic acids is 2. The van der Waals surface area contributed by atoms with Crippen molar-refractivity contribution >= 4 is 24.0 Å². The number of rotatable bonds is 4. The van der Waals surface area contributed by atoms with Gasteiger partial charge in [0, 0.05) is 7.05 Å². The molecule has 1 heterocycles. The molecule has 0 spiro atoms. The van der Waals surface area contributed by atoms with Crippen LogP contribution in [-0.2, 0) is 16.6 Å². The van der Waals surface area contributed by atoms with Crippen LogP contribution in [0.3, 0.4) is 0 Å². The van der Waals surface area contributed by atoms with Gasteiger partial charge in [0.05, 0.1) is 17.0 Å². The largest absolute Gasteiger partial charge is 0.459 e. The first-order valence-corrected chi connectivity index (χ1v) is 6.56. The van der Waals surface area contributed by atoms with E-state index < -0.39 is 5.60 Å². The minimum absolute atomic E-state index is 0.164. The van der Waals surface area contributed by atoms with Gasteiger partial charge >= 0.3 is 5.97 Å². The zero-order valence-electron chi connectivity index (χ0n) is 11.3. The Kier molecular flexibility index (Phi) is 4.56. The molecule has 100 valence electrons. The monoisotopic (exact) mass is 270 g/mol. The Bertz CT molecular complexity index is 461. The fourth-order valence-electron chi connectivity index (χ4n) is 1.46. The summed E-state index contributed by atoms with van der Waals surface area (Å²) in [5, 5.41) is 4.84. The number of ether oxygens (including phenoxy) is 1. The molecule has 0 aliphatic rings. The Balaban J connectivity index is 2.69. The summed E-state index contributed by atoms with van der Waals surface area (Å²) in [6, 6.07) is 0. The number of carbonyl (C=O) groups is 2. The number of thioether (sulfide) groups is 1. The molecule has 0 unspecified atom stereocenters. The third kappa shape index (κ3) is 3.87. The maximum absolute atomic E-state index is 11.6. The Morgan fingerprint density at radius 1 is 1.50 bits per heavy atom. The van der Waals surface area contributed by atoms with Crippen molar-refractivity contribution in [1.29, 1.82) is 0 Å². The molecule has 0 N–H and O–H groups in total. The molecular formula is C12H18N2O3S. The van der Waals surface area contributed by atoms with E-state index in [1.54, 1.807) is 18.7 Å². The van der Waals surface area contributed by atoms with Crippen molar-refractivity contribution in [2.75, 3.05) is 5.75 Å². The average molecular weight is 270 g/mol. The van der Waals surface area contributed by atoms with Gasteiger partial charge in [-0.3, -0.25) is 14.3 Å². The van der Waals surface area contributed by atoms with Gasteiger partial charge in [0.2, 0.25) is 0 Å². The molecule has 1 aromatic heterocycles. The molecule has 1 aromatic rings. The fraction of sp³-hybridized carbons (Fsp3) is 0.583. The zero-order chi connectivity index (χ0) is 13.9. The molecule has 0 aromatic carbocycles. The predicted octanol–water partition coefficient (Wildman–Crippen LogP) is 1.97. The summed E-state index contributed by atoms with van der Waals surface area (Å²) in [4.78, 5) is 22.5. The summed E-state index contributed by atoms with van der Waals surface area (Å²) in [5.41, 5.74) is 0.707. The third-order valence-electron chi connectivity index (χ3n) is 2.08. The molecule has 0 saturated heterocycles. The van der Waals surface area contributed by atoms with Gasteiger partial charge in [-0.2, -0.15) is 5.10 Å². The second kappa shape index (κ2) is 5.56. The van der Waals surface area contributed by atoms with Crippen LogP contribution in [0.25, 0.3) is 0 Å². The highest BCUT2D eigenvalue weighted by Gasteiger charge is 2.19. The van der Waals surface area contributed by atoms with E-state index in [2.05, 4.69) is 5.10 Å². The number of hydrogen-bond acceptors (Lipinski definition) is 5. The Morgan fingerprint density at radius 3 is 2.61 bits per heavy atom. The van der Waals surface area contributed by atoms with Gasteiger partial charge in [-0.1, -0.05) is 11.8 Å². The molecule has 0 amide bonds. The van der Waals surface area contributed by atoms with Gasteiger partial charge in [-0.25, -0.2) is 0 Å². The van der Waals surface area contributed by atoms with Crippen molar-refractivity contribution in [1.82, 2.24) is 9.78 Å². The summed E-state index contributed by atoms with van der Waals surface area (Å²) in [6.45, 7) is 7.23. The minimum Gasteiger partial charge on any atom is -0.459 e. The Morgan fingerprint density at radius 2 is 2.11 bits per heavy atom. The molecule has 5 nitrogen and oxygen atoms in total. The zero-order valence-corrected chi connectivity index (χ0v) is 12.1. The van der Waals surface area contributed by atoms with E-state index in [-0.39, 0.29) is 11.7 Å². The van der Waals surface area contributed by atoms with E-state index in [0.29, 0.717) is 16.3 Å². The first kappa shape index (κ1) is 14.8. The topological polar surface area (TPSA) is 61.2 Å². The van der Waals surface area contributed by atoms with E-state index >= 15 is 0 Å². The van der Waals surface area contributed by atoms with Crippen LogP contribution in [-0.4, -0.2) is 33.4 Å². The van der Waals surface area contributed by atoms with E-state index in [4.69, 9.17) is 4.74 Å². The number of aldehydes is 1. The van der Waals surface area contributed by atoms with E-state index in [9.17, 15) is 9.59 Å². The van der Waals surface area contributed by atoms with Crippen molar-refractivity contribution in [2.45, 2.75) is 38.3 Å². The summed E-state index contributed by atoms with van der Waals surface area (Å²) < 4.78 is 6.81. The first-order valence-electron chi connectivity index (χ1n) is 5.58. The lowest BCUT2D eigenvalue weighted by Gasteiger charge is -2.19. The summed E-state index contributed by atoms with van der Waals surface area (Å²) in [7, 11) is 1.75. The summed E-state index contributed by atoms with van der Waals surface area (Å²) in [5.74, 6) is -0.139. The molecular weight excluding hydrogens is 252 g/mol. The number of hydrogen-bond donors (Lipinski definition) is 0. The molecule has 18 heavy (non-hydrogen) atoms. The summed E-state index contributed by atoms with van der Waals surface area (Å²) in [6.07, 6.45) is 0.764. The lowest BCUT2D eigenvalue weighted by Crippen LogP contribution is -2.25. The van der Waals surface area contributed by atoms with E-state index in [0.717, 1.165) is 6.29 Å². The molecule has 6 heteroatoms. The molecule has 0 fully saturated rings. The van der Waals surface area contributed by atoms with Crippen LogP contribution in [0.2, 0.25) is 0 Å². The van der Waals surface area contributed by atoms with Crippen molar-refractivity contribution in [3.8, 4) is 0 Å². The normalized spacial score (nSPS) is 11.4. The third-order valence-corrected chi connectivity index (χ3v) is 3.22. The SMILES string of the molecule is Cc1nn(C)c(SCC(=O)OC(C)(C)C)c1C=O. The lowest BCUT2D eigenvalue weighted by molar-refractivity contribution is -0.151. The van der Waals surface area contributed by atoms with Gasteiger partial charge in [-0.05, 0) is 27.7 Å². The van der Waals surface area contributed by atoms with Crippen LogP contribution in [0.15, 0.2) is 5.03 Å². The minimum atomic E-state index is -0.493. The van der Waals surface area contributed by atoms with E-state index in [1.807, 2.05) is 20.8 Å². The molecule has 0 radical (unpaired) electrons. The van der Waals surface area contributed by atoms with Crippen LogP contribution in [0.5, 0.6) is 0 Å². The van der Waals surface area contributed by atoms with Crippen molar-refractivity contribution in [3.05, 3.63) is 11.3 Å². The number of esters is 1. The van der Waals surface area contributed by atoms with Crippen molar-refractivity contribution < 1.29 is 14.3 Å². The predicted molar refractivity (Wildman–Crippen MR) is 69.9 cm³/mol. The van der Waals surface area contributed by atoms with E-state index in [1.165, 1.54) is 11.8 Å². The Hall–Kier alpha value is -1.30. The highest BCUT2D eigenvalue weighted by Crippen LogP contribution is 2.24. The Labute approximate surface area is 111 Å². The van der Waals surface area contributed by atoms with Crippen molar-refractivity contribution in [2.24, 2.45) is 7.05 Å². The molecule has 0 saturated carbocycles. The maximum Gasteiger partial charge on any atom is 0.316 e. The van der Waals surface area contributed by atoms with Crippen LogP contribution < -0.4 is 0 Å². The molecule has 1 rings (SSSR count). The fourth-order valence-corrected chi connectivity index (χ4v) is 2.35. The highest BCUT2D eigenvalue weighted by atomic mass is 32.2. The average Bonchev–Trinajstić information content (AvgIpc) is 2.47. The van der Waals surface area contributed by atoms with Gasteiger partial charge in [-0.15, -0.1) is 0 Å². The van der Waals surface area contributed by atoms with Gasteiger partial charge < -0.3 is 4.74 Å². The standard InChI is InChI=1S/C12H18N2O3S/c1-8-9(6-15)11(14(5)13-8)18-7-10(16)17-12(2,3)4/h6H,7H2,1-5H3. The number of nitrogens with zero attached hydrogens (tertiary/aromatic N) is 2. The van der Waals surface area contributed by atoms with Gasteiger partial charge in [0.25, 0.3) is 0 Å². The van der Waals surface area contributed by atoms with Gasteiger partial charge in [0.1, 0.15) is 10.6 Å². The van der Waals surface area contributed by atoms with Crippen LogP contribution in [0, 0.1) is 6.92 Å². The van der Waals surface area contributed by atoms with Gasteiger partial charge in [0.15, 0.2) is 6.29 Å². The van der Waals surface area contributed by atoms with Crippen LogP contribution in [0.4, 0.5) is 0 Å². The molecule has 0 aliphatic carbocycles. The summed E-state index contributed by atoms with van der Waals surface area (Å²) >= 11 is 1.26. The first-order chi connectivity index (χ1) is 8.24. The second-order valence-corrected chi connectivity index (χ2v) is 5.88. The smallest absolute Gasteiger partial charge is 0.316 e. The lowest BCUT2D eigenvalue weighted by atomic mass is 10.2. The molecule has 0 aliphatic heterocycles. The number of aryl methyl sites for hydroxylation is 2. The van der Waals surface area contributed by atoms with Crippen LogP contribution in [0.1, 0.15) is 36.8 Å². The molecule has 0 atom stereocenters.